The van der Waals surface area contributed by atoms with E-state index in [-0.39, 0.29) is 25.8 Å². The third-order valence-electron chi connectivity index (χ3n) is 7.44. The average molecular weight is 645 g/mol. The predicted octanol–water partition coefficient (Wildman–Crippen LogP) is -0.318. The van der Waals surface area contributed by atoms with E-state index < -0.39 is 84.3 Å². The number of likely N-dealkylation sites (tertiary alicyclic amines) is 1. The Hall–Kier alpha value is -4.72. The Labute approximate surface area is 264 Å². The molecule has 1 aliphatic heterocycles. The van der Waals surface area contributed by atoms with Crippen molar-refractivity contribution in [2.45, 2.75) is 69.1 Å². The van der Waals surface area contributed by atoms with E-state index in [1.165, 1.54) is 4.90 Å². The smallest absolute Gasteiger partial charge is 0.303 e. The van der Waals surface area contributed by atoms with Crippen LogP contribution in [0.4, 0.5) is 0 Å². The number of nitrogens with two attached hydrogens (primary N) is 2. The number of benzene rings is 2. The minimum absolute atomic E-state index is 0.0157. The molecular formula is C30H37ClN6O8. The van der Waals surface area contributed by atoms with Gasteiger partial charge in [-0.2, -0.15) is 0 Å². The summed E-state index contributed by atoms with van der Waals surface area (Å²) in [5.41, 5.74) is 11.3. The monoisotopic (exact) mass is 644 g/mol. The zero-order valence-corrected chi connectivity index (χ0v) is 25.3. The first-order valence-corrected chi connectivity index (χ1v) is 15.0. The van der Waals surface area contributed by atoms with E-state index in [0.29, 0.717) is 18.4 Å². The lowest BCUT2D eigenvalue weighted by atomic mass is 9.97. The molecule has 0 saturated carbocycles. The first-order chi connectivity index (χ1) is 21.4. The summed E-state index contributed by atoms with van der Waals surface area (Å²) in [6.45, 7) is 0.154. The van der Waals surface area contributed by atoms with Gasteiger partial charge in [-0.1, -0.05) is 42.5 Å². The Morgan fingerprint density at radius 3 is 2.27 bits per heavy atom. The molecule has 1 heterocycles. The molecule has 0 radical (unpaired) electrons. The van der Waals surface area contributed by atoms with Crippen LogP contribution in [0.5, 0.6) is 0 Å². The maximum Gasteiger partial charge on any atom is 0.303 e. The number of hydrogen-bond acceptors (Lipinski definition) is 7. The fourth-order valence-corrected chi connectivity index (χ4v) is 5.28. The quantitative estimate of drug-likeness (QED) is 0.140. The van der Waals surface area contributed by atoms with Gasteiger partial charge in [-0.05, 0) is 42.0 Å². The number of fused-ring (bicyclic) bond motifs is 1. The third-order valence-corrected chi connectivity index (χ3v) is 7.68. The van der Waals surface area contributed by atoms with Gasteiger partial charge < -0.3 is 37.4 Å². The summed E-state index contributed by atoms with van der Waals surface area (Å²) in [4.78, 5) is 88.6. The summed E-state index contributed by atoms with van der Waals surface area (Å²) in [5, 5.41) is 18.5. The van der Waals surface area contributed by atoms with Crippen LogP contribution in [0, 0.1) is 0 Å². The average Bonchev–Trinajstić information content (AvgIpc) is 3.01. The largest absolute Gasteiger partial charge is 0.481 e. The third kappa shape index (κ3) is 10.2. The molecule has 0 bridgehead atoms. The Kier molecular flexibility index (Phi) is 12.7. The van der Waals surface area contributed by atoms with Crippen LogP contribution in [0.1, 0.15) is 44.1 Å². The highest BCUT2D eigenvalue weighted by atomic mass is 35.5. The summed E-state index contributed by atoms with van der Waals surface area (Å²) in [6, 6.07) is 8.07. The van der Waals surface area contributed by atoms with E-state index in [2.05, 4.69) is 16.0 Å². The summed E-state index contributed by atoms with van der Waals surface area (Å²) >= 11 is 5.59. The molecule has 2 aromatic rings. The number of aliphatic carboxylic acids is 1. The number of rotatable bonds is 15. The minimum atomic E-state index is -1.42. The topological polar surface area (TPSA) is 231 Å². The number of carboxylic acid groups (broad SMARTS) is 1. The second kappa shape index (κ2) is 16.4. The van der Waals surface area contributed by atoms with Gasteiger partial charge in [-0.3, -0.25) is 33.6 Å². The van der Waals surface area contributed by atoms with Crippen LogP contribution in [0.2, 0.25) is 0 Å². The molecule has 0 spiro atoms. The van der Waals surface area contributed by atoms with Crippen molar-refractivity contribution in [3.05, 3.63) is 48.0 Å². The second-order valence-electron chi connectivity index (χ2n) is 10.8. The first-order valence-electron chi connectivity index (χ1n) is 14.4. The number of piperidine rings is 1. The van der Waals surface area contributed by atoms with Gasteiger partial charge in [-0.25, -0.2) is 0 Å². The molecule has 3 rings (SSSR count). The second-order valence-corrected chi connectivity index (χ2v) is 11.1. The molecule has 0 aromatic heterocycles. The Bertz CT molecular complexity index is 1450. The fraction of sp³-hybridized carbons (Fsp3) is 0.433. The molecule has 242 valence electrons. The Morgan fingerprint density at radius 1 is 0.911 bits per heavy atom. The van der Waals surface area contributed by atoms with Gasteiger partial charge in [-0.15, -0.1) is 11.6 Å². The molecule has 0 aliphatic carbocycles. The van der Waals surface area contributed by atoms with Crippen molar-refractivity contribution in [3.63, 3.8) is 0 Å². The van der Waals surface area contributed by atoms with Crippen LogP contribution in [-0.4, -0.2) is 88.0 Å². The number of carbonyl (C=O) groups is 7. The first kappa shape index (κ1) is 34.8. The number of alkyl halides is 1. The molecule has 4 atom stereocenters. The minimum Gasteiger partial charge on any atom is -0.481 e. The van der Waals surface area contributed by atoms with Crippen LogP contribution >= 0.6 is 11.6 Å². The van der Waals surface area contributed by atoms with Gasteiger partial charge >= 0.3 is 5.97 Å². The molecule has 14 nitrogen and oxygen atoms in total. The van der Waals surface area contributed by atoms with Gasteiger partial charge in [0.15, 0.2) is 0 Å². The highest BCUT2D eigenvalue weighted by Gasteiger charge is 2.38. The maximum atomic E-state index is 13.7. The number of nitrogens with zero attached hydrogens (tertiary/aromatic N) is 1. The summed E-state index contributed by atoms with van der Waals surface area (Å²) in [5.74, 6) is -6.29. The van der Waals surface area contributed by atoms with Crippen molar-refractivity contribution in [3.8, 4) is 0 Å². The zero-order chi connectivity index (χ0) is 33.1. The van der Waals surface area contributed by atoms with Gasteiger partial charge in [0.25, 0.3) is 0 Å². The van der Waals surface area contributed by atoms with Crippen molar-refractivity contribution in [2.24, 2.45) is 11.5 Å². The molecule has 2 aromatic carbocycles. The number of amides is 6. The molecular weight excluding hydrogens is 608 g/mol. The molecule has 1 saturated heterocycles. The van der Waals surface area contributed by atoms with E-state index in [0.717, 1.165) is 10.8 Å². The number of halogens is 1. The normalized spacial score (nSPS) is 16.6. The van der Waals surface area contributed by atoms with Crippen molar-refractivity contribution >= 4 is 63.8 Å². The molecule has 1 aliphatic rings. The van der Waals surface area contributed by atoms with E-state index in [9.17, 15) is 33.6 Å². The van der Waals surface area contributed by atoms with E-state index in [1.807, 2.05) is 36.4 Å². The fourth-order valence-electron chi connectivity index (χ4n) is 5.20. The zero-order valence-electron chi connectivity index (χ0n) is 24.5. The van der Waals surface area contributed by atoms with Crippen molar-refractivity contribution < 1.29 is 38.7 Å². The number of hydrogen-bond donors (Lipinski definition) is 6. The van der Waals surface area contributed by atoms with Crippen LogP contribution < -0.4 is 27.4 Å². The number of primary amides is 2. The molecule has 45 heavy (non-hydrogen) atoms. The van der Waals surface area contributed by atoms with E-state index in [4.69, 9.17) is 28.2 Å². The molecule has 6 amide bonds. The molecule has 15 heteroatoms. The summed E-state index contributed by atoms with van der Waals surface area (Å²) in [6.07, 6.45) is 0.181. The number of carbonyl (C=O) groups excluding carboxylic acids is 6. The van der Waals surface area contributed by atoms with Gasteiger partial charge in [0, 0.05) is 19.4 Å². The molecule has 4 unspecified atom stereocenters. The van der Waals surface area contributed by atoms with Crippen LogP contribution in [0.3, 0.4) is 0 Å². The number of carboxylic acids is 1. The van der Waals surface area contributed by atoms with E-state index >= 15 is 0 Å². The van der Waals surface area contributed by atoms with E-state index in [1.54, 1.807) is 6.07 Å². The van der Waals surface area contributed by atoms with Gasteiger partial charge in [0.2, 0.25) is 35.4 Å². The van der Waals surface area contributed by atoms with Gasteiger partial charge in [0.1, 0.15) is 30.0 Å². The van der Waals surface area contributed by atoms with Gasteiger partial charge in [0.05, 0.1) is 6.42 Å². The van der Waals surface area contributed by atoms with Crippen LogP contribution in [-0.2, 0) is 40.0 Å². The molecule has 8 N–H and O–H groups in total. The highest BCUT2D eigenvalue weighted by Crippen LogP contribution is 2.21. The summed E-state index contributed by atoms with van der Waals surface area (Å²) < 4.78 is 0. The van der Waals surface area contributed by atoms with Crippen molar-refractivity contribution in [2.75, 3.05) is 12.4 Å². The Morgan fingerprint density at radius 2 is 1.62 bits per heavy atom. The lowest BCUT2D eigenvalue weighted by Gasteiger charge is -2.37. The lowest BCUT2D eigenvalue weighted by Crippen LogP contribution is -2.60. The maximum absolute atomic E-state index is 13.7. The Balaban J connectivity index is 1.88. The lowest BCUT2D eigenvalue weighted by molar-refractivity contribution is -0.146. The molecule has 1 fully saturated rings. The predicted molar refractivity (Wildman–Crippen MR) is 163 cm³/mol. The van der Waals surface area contributed by atoms with Crippen LogP contribution in [0.25, 0.3) is 10.8 Å². The highest BCUT2D eigenvalue weighted by molar-refractivity contribution is 6.27. The van der Waals surface area contributed by atoms with Crippen LogP contribution in [0.15, 0.2) is 42.5 Å². The summed E-state index contributed by atoms with van der Waals surface area (Å²) in [7, 11) is 0. The SMILES string of the molecule is NC(=O)CC(NC(=O)C(Cc1ccc2ccccc2c1)NC(=O)C1CCCCN1C(=O)C(CCC(=O)O)NC(=O)CCl)C(N)=O. The van der Waals surface area contributed by atoms with Crippen molar-refractivity contribution in [1.82, 2.24) is 20.9 Å². The standard InChI is InChI=1S/C30H37ClN6O8/c31-16-25(39)34-20(10-11-26(40)41)30(45)37-12-4-3-7-23(37)29(44)36-22(28(43)35-21(27(33)42)15-24(32)38)14-17-8-9-18-5-1-2-6-19(18)13-17/h1-2,5-6,8-9,13,20-23H,3-4,7,10-12,14-16H2,(H2,32,38)(H2,33,42)(H,34,39)(H,35,43)(H,36,44)(H,40,41). The number of nitrogens with one attached hydrogen (secondary N) is 3. The van der Waals surface area contributed by atoms with Crippen molar-refractivity contribution in [1.29, 1.82) is 0 Å².